The Hall–Kier alpha value is -7.41. The molecule has 6 aromatic carbocycles. The van der Waals surface area contributed by atoms with E-state index >= 15 is 0 Å². The Morgan fingerprint density at radius 3 is 1.97 bits per heavy atom. The highest BCUT2D eigenvalue weighted by Crippen LogP contribution is 2.33. The molecule has 2 atom stereocenters. The van der Waals surface area contributed by atoms with E-state index in [1.165, 1.54) is 47.8 Å². The van der Waals surface area contributed by atoms with Crippen molar-refractivity contribution in [1.82, 2.24) is 0 Å². The number of carbonyl (C=O) groups is 3. The summed E-state index contributed by atoms with van der Waals surface area (Å²) in [5.74, 6) is -0.953. The van der Waals surface area contributed by atoms with Gasteiger partial charge in [0, 0.05) is 17.7 Å². The molecule has 16 nitrogen and oxygen atoms in total. The minimum atomic E-state index is -4.38. The normalized spacial score (nSPS) is 11.9. The van der Waals surface area contributed by atoms with Gasteiger partial charge in [-0.3, -0.25) is 22.8 Å². The SMILES string of the molecule is COC(=O)CC(OC(=O)c1ccccc1S(=O)(=O)Nc1ccc(OCCOc2ccccc2CCC(=O)O)cc1)c1ccccc1OCCOc1ccc(N(c2cccc(C)c2)S(=O)[O-])cc1. The number of methoxy groups -OCH3 is 1. The molecular formula is C49H47N2O14S2-. The second kappa shape index (κ2) is 23.7. The number of esters is 2. The number of sulfonamides is 1. The van der Waals surface area contributed by atoms with Gasteiger partial charge in [-0.1, -0.05) is 60.7 Å². The highest BCUT2D eigenvalue weighted by Gasteiger charge is 2.29. The number of carboxylic acid groups (broad SMARTS) is 1. The van der Waals surface area contributed by atoms with E-state index < -0.39 is 51.7 Å². The summed E-state index contributed by atoms with van der Waals surface area (Å²) in [6, 6.07) is 38.8. The van der Waals surface area contributed by atoms with Crippen LogP contribution in [0.2, 0.25) is 0 Å². The number of aliphatic carboxylic acids is 1. The van der Waals surface area contributed by atoms with E-state index in [0.29, 0.717) is 40.6 Å². The lowest BCUT2D eigenvalue weighted by molar-refractivity contribution is -0.143. The first-order chi connectivity index (χ1) is 32.3. The number of hydrogen-bond donors (Lipinski definition) is 2. The first kappa shape index (κ1) is 49.0. The molecule has 18 heteroatoms. The van der Waals surface area contributed by atoms with Crippen molar-refractivity contribution >= 4 is 56.3 Å². The van der Waals surface area contributed by atoms with Gasteiger partial charge < -0.3 is 38.1 Å². The highest BCUT2D eigenvalue weighted by atomic mass is 32.2. The van der Waals surface area contributed by atoms with Crippen LogP contribution in [0, 0.1) is 6.92 Å². The van der Waals surface area contributed by atoms with Crippen LogP contribution in [0.5, 0.6) is 23.0 Å². The third kappa shape index (κ3) is 14.0. The van der Waals surface area contributed by atoms with Crippen molar-refractivity contribution in [3.63, 3.8) is 0 Å². The molecule has 0 amide bonds. The van der Waals surface area contributed by atoms with Crippen LogP contribution in [0.25, 0.3) is 0 Å². The third-order valence-corrected chi connectivity index (χ3v) is 12.0. The molecule has 0 aromatic heterocycles. The molecule has 0 fully saturated rings. The number of nitrogens with zero attached hydrogens (tertiary/aromatic N) is 1. The Kier molecular flexibility index (Phi) is 17.3. The Labute approximate surface area is 390 Å². The summed E-state index contributed by atoms with van der Waals surface area (Å²) in [4.78, 5) is 37.1. The van der Waals surface area contributed by atoms with Gasteiger partial charge in [0.25, 0.3) is 10.0 Å². The van der Waals surface area contributed by atoms with Crippen molar-refractivity contribution in [2.24, 2.45) is 0 Å². The molecule has 0 saturated carbocycles. The summed E-state index contributed by atoms with van der Waals surface area (Å²) in [6.45, 7) is 2.26. The standard InChI is InChI=1S/C49H48N2O14S2/c1-34-10-9-12-38(32-34)51(66(56)57)37-21-25-40(26-22-37)62-29-31-64-44-16-7-4-13-41(44)45(33-48(54)60-2)65-49(55)42-14-5-8-17-46(42)67(58,59)50-36-19-23-39(24-20-36)61-28-30-63-43-15-6-3-11-35(43)18-27-47(52)53/h3-17,19-26,32,45,50H,18,27-31,33H2,1-2H3,(H,52,53)(H,56,57)/p-1. The summed E-state index contributed by atoms with van der Waals surface area (Å²) in [6.07, 6.45) is -1.39. The van der Waals surface area contributed by atoms with E-state index in [9.17, 15) is 31.6 Å². The third-order valence-electron chi connectivity index (χ3n) is 9.85. The zero-order valence-corrected chi connectivity index (χ0v) is 38.0. The number of aryl methyl sites for hydroxylation is 2. The molecule has 0 aliphatic rings. The predicted molar refractivity (Wildman–Crippen MR) is 248 cm³/mol. The van der Waals surface area contributed by atoms with E-state index in [4.69, 9.17) is 33.5 Å². The van der Waals surface area contributed by atoms with E-state index in [-0.39, 0.29) is 54.7 Å². The van der Waals surface area contributed by atoms with Gasteiger partial charge in [0.1, 0.15) is 60.4 Å². The van der Waals surface area contributed by atoms with Gasteiger partial charge in [0.2, 0.25) is 0 Å². The van der Waals surface area contributed by atoms with E-state index in [1.54, 1.807) is 103 Å². The monoisotopic (exact) mass is 951 g/mol. The molecule has 2 N–H and O–H groups in total. The number of carboxylic acids is 1. The number of carbonyl (C=O) groups excluding carboxylic acids is 2. The average molecular weight is 952 g/mol. The zero-order valence-electron chi connectivity index (χ0n) is 36.4. The maximum absolute atomic E-state index is 13.9. The van der Waals surface area contributed by atoms with Gasteiger partial charge in [-0.15, -0.1) is 0 Å². The Balaban J connectivity index is 1.06. The molecule has 2 unspecified atom stereocenters. The van der Waals surface area contributed by atoms with Crippen LogP contribution in [0.4, 0.5) is 17.1 Å². The summed E-state index contributed by atoms with van der Waals surface area (Å²) in [5, 5.41) is 9.03. The zero-order chi connectivity index (χ0) is 47.8. The fourth-order valence-corrected chi connectivity index (χ4v) is 8.52. The van der Waals surface area contributed by atoms with E-state index in [2.05, 4.69) is 4.72 Å². The molecule has 67 heavy (non-hydrogen) atoms. The molecule has 0 aliphatic heterocycles. The molecular weight excluding hydrogens is 905 g/mol. The number of nitrogens with one attached hydrogen (secondary N) is 1. The molecule has 0 bridgehead atoms. The minimum Gasteiger partial charge on any atom is -0.755 e. The highest BCUT2D eigenvalue weighted by molar-refractivity contribution is 7.92. The fourth-order valence-electron chi connectivity index (χ4n) is 6.69. The number of para-hydroxylation sites is 2. The topological polar surface area (TPSA) is 216 Å². The molecule has 0 aliphatic carbocycles. The van der Waals surface area contributed by atoms with Crippen molar-refractivity contribution in [1.29, 1.82) is 0 Å². The second-order valence-corrected chi connectivity index (χ2v) is 17.0. The lowest BCUT2D eigenvalue weighted by atomic mass is 10.0. The fraction of sp³-hybridized carbons (Fsp3) is 0.204. The summed E-state index contributed by atoms with van der Waals surface area (Å²) >= 11 is -2.58. The lowest BCUT2D eigenvalue weighted by Gasteiger charge is -2.26. The van der Waals surface area contributed by atoms with Crippen molar-refractivity contribution in [3.05, 3.63) is 168 Å². The summed E-state index contributed by atoms with van der Waals surface area (Å²) in [5.41, 5.74) is 2.75. The molecule has 0 saturated heterocycles. The molecule has 0 spiro atoms. The number of hydrogen-bond acceptors (Lipinski definition) is 13. The largest absolute Gasteiger partial charge is 0.755 e. The van der Waals surface area contributed by atoms with Crippen molar-refractivity contribution in [3.8, 4) is 23.0 Å². The van der Waals surface area contributed by atoms with Crippen molar-refractivity contribution in [2.45, 2.75) is 37.2 Å². The molecule has 6 rings (SSSR count). The maximum atomic E-state index is 13.9. The van der Waals surface area contributed by atoms with E-state index in [1.807, 2.05) is 13.0 Å². The predicted octanol–water partition coefficient (Wildman–Crippen LogP) is 8.12. The Bertz CT molecular complexity index is 2770. The van der Waals surface area contributed by atoms with Crippen molar-refractivity contribution < 1.29 is 65.1 Å². The number of ether oxygens (including phenoxy) is 6. The van der Waals surface area contributed by atoms with Gasteiger partial charge in [-0.05, 0) is 109 Å². The van der Waals surface area contributed by atoms with Gasteiger partial charge in [0.15, 0.2) is 0 Å². The molecule has 0 radical (unpaired) electrons. The smallest absolute Gasteiger partial charge is 0.340 e. The van der Waals surface area contributed by atoms with Gasteiger partial charge >= 0.3 is 17.9 Å². The summed E-state index contributed by atoms with van der Waals surface area (Å²) < 4.78 is 89.6. The van der Waals surface area contributed by atoms with Gasteiger partial charge in [-0.25, -0.2) is 13.2 Å². The van der Waals surface area contributed by atoms with Crippen molar-refractivity contribution in [2.75, 3.05) is 42.6 Å². The van der Waals surface area contributed by atoms with Crippen LogP contribution in [-0.4, -0.2) is 73.7 Å². The van der Waals surface area contributed by atoms with Crippen LogP contribution >= 0.6 is 0 Å². The summed E-state index contributed by atoms with van der Waals surface area (Å²) in [7, 11) is -3.19. The first-order valence-corrected chi connectivity index (χ1v) is 23.3. The van der Waals surface area contributed by atoms with E-state index in [0.717, 1.165) is 11.1 Å². The second-order valence-electron chi connectivity index (χ2n) is 14.6. The quantitative estimate of drug-likeness (QED) is 0.0333. The van der Waals surface area contributed by atoms with Crippen LogP contribution < -0.4 is 28.0 Å². The van der Waals surface area contributed by atoms with Gasteiger partial charge in [0.05, 0.1) is 41.7 Å². The Morgan fingerprint density at radius 1 is 0.716 bits per heavy atom. The number of anilines is 3. The Morgan fingerprint density at radius 2 is 1.31 bits per heavy atom. The number of benzene rings is 6. The van der Waals surface area contributed by atoms with Crippen LogP contribution in [0.3, 0.4) is 0 Å². The van der Waals surface area contributed by atoms with Crippen LogP contribution in [0.15, 0.2) is 150 Å². The van der Waals surface area contributed by atoms with Crippen LogP contribution in [-0.2, 0) is 46.8 Å². The molecule has 350 valence electrons. The molecule has 6 aromatic rings. The minimum absolute atomic E-state index is 0.0124. The number of rotatable bonds is 24. The average Bonchev–Trinajstić information content (AvgIpc) is 3.32. The molecule has 0 heterocycles. The van der Waals surface area contributed by atoms with Gasteiger partial charge in [-0.2, -0.15) is 0 Å². The lowest BCUT2D eigenvalue weighted by Crippen LogP contribution is -2.21. The van der Waals surface area contributed by atoms with Crippen LogP contribution in [0.1, 0.15) is 46.0 Å². The maximum Gasteiger partial charge on any atom is 0.340 e. The first-order valence-electron chi connectivity index (χ1n) is 20.8.